The van der Waals surface area contributed by atoms with Crippen LogP contribution in [0.2, 0.25) is 0 Å². The van der Waals surface area contributed by atoms with Crippen molar-refractivity contribution in [1.29, 1.82) is 0 Å². The van der Waals surface area contributed by atoms with E-state index in [4.69, 9.17) is 14.3 Å². The van der Waals surface area contributed by atoms with Gasteiger partial charge in [0.2, 0.25) is 0 Å². The zero-order valence-corrected chi connectivity index (χ0v) is 15.8. The molecule has 1 atom stereocenters. The summed E-state index contributed by atoms with van der Waals surface area (Å²) in [5, 5.41) is 1.56. The predicted octanol–water partition coefficient (Wildman–Crippen LogP) is -1.18. The van der Waals surface area contributed by atoms with Crippen molar-refractivity contribution in [2.24, 2.45) is 5.73 Å². The summed E-state index contributed by atoms with van der Waals surface area (Å²) in [5.74, 6) is 0.306. The zero-order chi connectivity index (χ0) is 17.0. The third kappa shape index (κ3) is 4.29. The summed E-state index contributed by atoms with van der Waals surface area (Å²) < 4.78 is 36.9. The molecule has 0 saturated heterocycles. The van der Waals surface area contributed by atoms with E-state index >= 15 is 0 Å². The summed E-state index contributed by atoms with van der Waals surface area (Å²) in [5.41, 5.74) is 7.45. The molecule has 2 aromatic rings. The van der Waals surface area contributed by atoms with E-state index in [0.29, 0.717) is 16.7 Å². The van der Waals surface area contributed by atoms with Gasteiger partial charge in [-0.15, -0.1) is 0 Å². The van der Waals surface area contributed by atoms with Crippen LogP contribution in [0, 0.1) is 0 Å². The van der Waals surface area contributed by atoms with Crippen molar-refractivity contribution in [2.45, 2.75) is 13.3 Å². The Bertz CT molecular complexity index is 971. The van der Waals surface area contributed by atoms with Crippen LogP contribution < -0.4 is 42.3 Å². The summed E-state index contributed by atoms with van der Waals surface area (Å²) in [6, 6.07) is 5.25. The van der Waals surface area contributed by atoms with E-state index in [1.54, 1.807) is 18.2 Å². The first-order valence-electron chi connectivity index (χ1n) is 6.81. The van der Waals surface area contributed by atoms with Crippen molar-refractivity contribution in [2.75, 3.05) is 6.26 Å². The molecule has 1 heterocycles. The minimum atomic E-state index is -2.83. The first-order valence-corrected chi connectivity index (χ1v) is 10.8. The average Bonchev–Trinajstić information content (AvgIpc) is 2.81. The summed E-state index contributed by atoms with van der Waals surface area (Å²) in [6.07, 6.45) is 5.74. The van der Waals surface area contributed by atoms with Gasteiger partial charge in [0, 0.05) is 0 Å². The molecule has 0 bridgehead atoms. The molecule has 0 aliphatic rings. The molecule has 0 aliphatic carbocycles. The molecule has 0 spiro atoms. The topological polar surface area (TPSA) is 65.5 Å². The second-order valence-electron chi connectivity index (χ2n) is 4.92. The maximum atomic E-state index is 12.5. The normalized spacial score (nSPS) is 15.8. The van der Waals surface area contributed by atoms with Crippen molar-refractivity contribution in [3.63, 3.8) is 0 Å². The van der Waals surface area contributed by atoms with Gasteiger partial charge >= 0.3 is 146 Å². The van der Waals surface area contributed by atoms with Gasteiger partial charge in [0.05, 0.1) is 0 Å². The van der Waals surface area contributed by atoms with Crippen molar-refractivity contribution in [3.8, 4) is 5.75 Å². The molecule has 1 aromatic carbocycles. The summed E-state index contributed by atoms with van der Waals surface area (Å²) >= 11 is -1.74. The Morgan fingerprint density at radius 3 is 2.96 bits per heavy atom. The number of nitrogens with two attached hydrogens (primary N) is 1. The Kier molecular flexibility index (Phi) is 5.74. The average molecular weight is 450 g/mol. The van der Waals surface area contributed by atoms with Crippen LogP contribution in [0.3, 0.4) is 0 Å². The molecule has 0 aliphatic heterocycles. The molecule has 2 N–H and O–H groups in total. The third-order valence-electron chi connectivity index (χ3n) is 3.12. The van der Waals surface area contributed by atoms with Gasteiger partial charge in [0.25, 0.3) is 0 Å². The number of allylic oxidation sites excluding steroid dienone is 2. The molecule has 23 heavy (non-hydrogen) atoms. The van der Waals surface area contributed by atoms with Gasteiger partial charge in [-0.1, -0.05) is 0 Å². The van der Waals surface area contributed by atoms with E-state index in [9.17, 15) is 7.07 Å². The van der Waals surface area contributed by atoms with Crippen LogP contribution in [0.15, 0.2) is 34.4 Å². The Hall–Kier alpha value is -1.48. The Morgan fingerprint density at radius 1 is 1.57 bits per heavy atom. The van der Waals surface area contributed by atoms with Crippen LogP contribution >= 0.6 is 0 Å². The quantitative estimate of drug-likeness (QED) is 0.354. The number of fused-ring (bicyclic) bond motifs is 1. The van der Waals surface area contributed by atoms with E-state index in [0.717, 1.165) is 26.1 Å². The number of benzene rings is 1. The van der Waals surface area contributed by atoms with E-state index in [1.807, 2.05) is 19.1 Å². The van der Waals surface area contributed by atoms with Crippen LogP contribution in [-0.2, 0) is 9.80 Å². The fourth-order valence-corrected chi connectivity index (χ4v) is 3.98. The SMILES string of the molecule is C=c1oc2c(OS(C)(=O)=C[I-]F)cccc2/c1=C/C=C(\N)CC. The first-order chi connectivity index (χ1) is 10.9. The molecule has 126 valence electrons. The second kappa shape index (κ2) is 7.39. The number of halogens is 2. The zero-order valence-electron chi connectivity index (χ0n) is 12.8. The van der Waals surface area contributed by atoms with E-state index in [2.05, 4.69) is 6.58 Å². The molecule has 1 aromatic heterocycles. The summed E-state index contributed by atoms with van der Waals surface area (Å²) in [7, 11) is -2.83. The first kappa shape index (κ1) is 17.9. The van der Waals surface area contributed by atoms with Gasteiger partial charge in [-0.25, -0.2) is 0 Å². The van der Waals surface area contributed by atoms with Crippen LogP contribution in [0.1, 0.15) is 13.3 Å². The summed E-state index contributed by atoms with van der Waals surface area (Å²) in [4.78, 5) is 0. The van der Waals surface area contributed by atoms with Gasteiger partial charge in [-0.3, -0.25) is 0 Å². The number of hydrogen-bond donors (Lipinski definition) is 1. The standard InChI is InChI=1S/C16H18FINO3S/c1-4-12(19)8-9-13-11(2)21-16-14(13)6-5-7-15(16)22-23(3,20)10-18-17/h5-10H,2,4,19H2,1,3H3/q-1/b12-8-,13-9+. The molecule has 4 nitrogen and oxygen atoms in total. The van der Waals surface area contributed by atoms with Gasteiger partial charge in [-0.05, 0) is 0 Å². The van der Waals surface area contributed by atoms with Crippen LogP contribution in [0.25, 0.3) is 23.6 Å². The van der Waals surface area contributed by atoms with E-state index in [1.165, 1.54) is 6.26 Å². The summed E-state index contributed by atoms with van der Waals surface area (Å²) in [6.45, 7) is 5.84. The Balaban J connectivity index is 2.64. The maximum absolute atomic E-state index is 12.5. The van der Waals surface area contributed by atoms with Gasteiger partial charge in [0.15, 0.2) is 0 Å². The van der Waals surface area contributed by atoms with Crippen molar-refractivity contribution < 1.29 is 37.4 Å². The molecule has 0 radical (unpaired) electrons. The molecule has 0 saturated carbocycles. The number of rotatable bonds is 5. The third-order valence-corrected chi connectivity index (χ3v) is 7.37. The predicted molar refractivity (Wildman–Crippen MR) is 89.9 cm³/mol. The van der Waals surface area contributed by atoms with Crippen LogP contribution in [0.4, 0.5) is 2.86 Å². The minimum absolute atomic E-state index is 0.306. The molecular formula is C16H18FINO3S-. The van der Waals surface area contributed by atoms with Crippen LogP contribution in [-0.4, -0.2) is 13.8 Å². The number of hydrogen-bond acceptors (Lipinski definition) is 4. The van der Waals surface area contributed by atoms with Crippen LogP contribution in [0.5, 0.6) is 5.75 Å². The second-order valence-corrected chi connectivity index (χ2v) is 8.92. The fourth-order valence-electron chi connectivity index (χ4n) is 1.98. The van der Waals surface area contributed by atoms with Crippen molar-refractivity contribution >= 4 is 36.8 Å². The van der Waals surface area contributed by atoms with Crippen molar-refractivity contribution in [3.05, 3.63) is 40.6 Å². The van der Waals surface area contributed by atoms with Crippen molar-refractivity contribution in [1.82, 2.24) is 0 Å². The van der Waals surface area contributed by atoms with E-state index in [-0.39, 0.29) is 0 Å². The van der Waals surface area contributed by atoms with Gasteiger partial charge in [0.1, 0.15) is 0 Å². The fraction of sp³-hybridized carbons (Fsp3) is 0.188. The Morgan fingerprint density at radius 2 is 2.30 bits per heavy atom. The molecule has 2 rings (SSSR count). The molecular weight excluding hydrogens is 432 g/mol. The number of para-hydroxylation sites is 1. The van der Waals surface area contributed by atoms with Gasteiger partial charge < -0.3 is 0 Å². The van der Waals surface area contributed by atoms with E-state index < -0.39 is 31.6 Å². The number of furan rings is 1. The molecule has 0 amide bonds. The van der Waals surface area contributed by atoms with Gasteiger partial charge in [-0.2, -0.15) is 0 Å². The Labute approximate surface area is 145 Å². The monoisotopic (exact) mass is 450 g/mol. The molecule has 1 unspecified atom stereocenters. The molecule has 7 heteroatoms. The molecule has 0 fully saturated rings.